The van der Waals surface area contributed by atoms with Crippen LogP contribution in [0.1, 0.15) is 33.1 Å². The molecular formula is C12H26N2O. The Morgan fingerprint density at radius 2 is 1.93 bits per heavy atom. The van der Waals surface area contributed by atoms with Gasteiger partial charge < -0.3 is 15.3 Å². The first kappa shape index (κ1) is 12.9. The van der Waals surface area contributed by atoms with Crippen molar-refractivity contribution >= 4 is 0 Å². The molecule has 90 valence electrons. The topological polar surface area (TPSA) is 35.5 Å². The van der Waals surface area contributed by atoms with Crippen molar-refractivity contribution in [1.29, 1.82) is 0 Å². The summed E-state index contributed by atoms with van der Waals surface area (Å²) in [6.45, 7) is 7.14. The Kier molecular flexibility index (Phi) is 5.58. The molecule has 2 N–H and O–H groups in total. The van der Waals surface area contributed by atoms with E-state index in [-0.39, 0.29) is 0 Å². The number of hydrogen-bond acceptors (Lipinski definition) is 3. The third kappa shape index (κ3) is 4.49. The molecule has 1 aliphatic rings. The molecular weight excluding hydrogens is 188 g/mol. The van der Waals surface area contributed by atoms with Crippen LogP contribution in [-0.2, 0) is 0 Å². The van der Waals surface area contributed by atoms with E-state index in [1.165, 1.54) is 25.9 Å². The minimum absolute atomic E-state index is 0.294. The lowest BCUT2D eigenvalue weighted by atomic mass is 9.97. The van der Waals surface area contributed by atoms with E-state index in [0.717, 1.165) is 6.42 Å². The van der Waals surface area contributed by atoms with Crippen LogP contribution in [0.15, 0.2) is 0 Å². The Morgan fingerprint density at radius 1 is 1.33 bits per heavy atom. The maximum absolute atomic E-state index is 9.01. The van der Waals surface area contributed by atoms with Gasteiger partial charge in [-0.25, -0.2) is 0 Å². The Balaban J connectivity index is 2.31. The minimum atomic E-state index is 0.294. The SMILES string of the molecule is CC(C)C(CCO)NC1CCN(C)CC1. The van der Waals surface area contributed by atoms with Gasteiger partial charge in [-0.2, -0.15) is 0 Å². The number of nitrogens with zero attached hydrogens (tertiary/aromatic N) is 1. The van der Waals surface area contributed by atoms with Crippen molar-refractivity contribution in [2.75, 3.05) is 26.7 Å². The quantitative estimate of drug-likeness (QED) is 0.719. The molecule has 0 amide bonds. The number of piperidine rings is 1. The molecule has 0 bridgehead atoms. The summed E-state index contributed by atoms with van der Waals surface area (Å²) in [5.41, 5.74) is 0. The zero-order chi connectivity index (χ0) is 11.3. The van der Waals surface area contributed by atoms with E-state index in [4.69, 9.17) is 5.11 Å². The van der Waals surface area contributed by atoms with Gasteiger partial charge in [-0.15, -0.1) is 0 Å². The van der Waals surface area contributed by atoms with Crippen molar-refractivity contribution in [3.8, 4) is 0 Å². The molecule has 1 fully saturated rings. The van der Waals surface area contributed by atoms with E-state index in [9.17, 15) is 0 Å². The summed E-state index contributed by atoms with van der Waals surface area (Å²) < 4.78 is 0. The number of likely N-dealkylation sites (tertiary alicyclic amines) is 1. The average molecular weight is 214 g/mol. The third-order valence-corrected chi connectivity index (χ3v) is 3.41. The second-order valence-electron chi connectivity index (χ2n) is 5.11. The van der Waals surface area contributed by atoms with E-state index < -0.39 is 0 Å². The van der Waals surface area contributed by atoms with Gasteiger partial charge in [-0.3, -0.25) is 0 Å². The summed E-state index contributed by atoms with van der Waals surface area (Å²) in [5, 5.41) is 12.7. The molecule has 3 heteroatoms. The number of rotatable bonds is 5. The smallest absolute Gasteiger partial charge is 0.0445 e. The lowest BCUT2D eigenvalue weighted by molar-refractivity contribution is 0.192. The first-order valence-corrected chi connectivity index (χ1v) is 6.19. The molecule has 0 radical (unpaired) electrons. The van der Waals surface area contributed by atoms with Crippen LogP contribution in [0.2, 0.25) is 0 Å². The van der Waals surface area contributed by atoms with Crippen LogP contribution in [0, 0.1) is 5.92 Å². The maximum Gasteiger partial charge on any atom is 0.0445 e. The third-order valence-electron chi connectivity index (χ3n) is 3.41. The van der Waals surface area contributed by atoms with Crippen molar-refractivity contribution in [2.24, 2.45) is 5.92 Å². The van der Waals surface area contributed by atoms with E-state index in [2.05, 4.69) is 31.1 Å². The van der Waals surface area contributed by atoms with Crippen molar-refractivity contribution in [1.82, 2.24) is 10.2 Å². The summed E-state index contributed by atoms with van der Waals surface area (Å²) in [4.78, 5) is 2.38. The van der Waals surface area contributed by atoms with E-state index >= 15 is 0 Å². The summed E-state index contributed by atoms with van der Waals surface area (Å²) in [6, 6.07) is 1.13. The molecule has 1 aliphatic heterocycles. The molecule has 3 nitrogen and oxygen atoms in total. The molecule has 0 spiro atoms. The van der Waals surface area contributed by atoms with Gasteiger partial charge in [0.25, 0.3) is 0 Å². The highest BCUT2D eigenvalue weighted by atomic mass is 16.3. The monoisotopic (exact) mass is 214 g/mol. The van der Waals surface area contributed by atoms with E-state index in [1.54, 1.807) is 0 Å². The van der Waals surface area contributed by atoms with Gasteiger partial charge in [0.15, 0.2) is 0 Å². The van der Waals surface area contributed by atoms with Gasteiger partial charge in [0.2, 0.25) is 0 Å². The molecule has 1 saturated heterocycles. The zero-order valence-corrected chi connectivity index (χ0v) is 10.4. The first-order chi connectivity index (χ1) is 7.13. The minimum Gasteiger partial charge on any atom is -0.396 e. The van der Waals surface area contributed by atoms with Crippen molar-refractivity contribution in [3.63, 3.8) is 0 Å². The highest BCUT2D eigenvalue weighted by molar-refractivity contribution is 4.80. The molecule has 1 atom stereocenters. The predicted molar refractivity (Wildman–Crippen MR) is 64.0 cm³/mol. The number of aliphatic hydroxyl groups is 1. The van der Waals surface area contributed by atoms with Gasteiger partial charge in [-0.05, 0) is 45.3 Å². The normalized spacial score (nSPS) is 22.2. The fourth-order valence-corrected chi connectivity index (χ4v) is 2.23. The first-order valence-electron chi connectivity index (χ1n) is 6.19. The summed E-state index contributed by atoms with van der Waals surface area (Å²) in [6.07, 6.45) is 3.36. The highest BCUT2D eigenvalue weighted by Gasteiger charge is 2.21. The molecule has 1 rings (SSSR count). The molecule has 1 heterocycles. The van der Waals surface area contributed by atoms with Crippen molar-refractivity contribution in [3.05, 3.63) is 0 Å². The van der Waals surface area contributed by atoms with Gasteiger partial charge in [0.1, 0.15) is 0 Å². The Morgan fingerprint density at radius 3 is 2.40 bits per heavy atom. The van der Waals surface area contributed by atoms with Crippen molar-refractivity contribution < 1.29 is 5.11 Å². The van der Waals surface area contributed by atoms with Crippen LogP contribution in [0.25, 0.3) is 0 Å². The standard InChI is InChI=1S/C12H26N2O/c1-10(2)12(6-9-15)13-11-4-7-14(3)8-5-11/h10-13,15H,4-9H2,1-3H3. The van der Waals surface area contributed by atoms with Crippen LogP contribution in [0.5, 0.6) is 0 Å². The Labute approximate surface area is 93.9 Å². The fraction of sp³-hybridized carbons (Fsp3) is 1.00. The Hall–Kier alpha value is -0.120. The summed E-state index contributed by atoms with van der Waals surface area (Å²) >= 11 is 0. The number of aliphatic hydroxyl groups excluding tert-OH is 1. The molecule has 0 aromatic rings. The largest absolute Gasteiger partial charge is 0.396 e. The van der Waals surface area contributed by atoms with E-state index in [1.807, 2.05) is 0 Å². The van der Waals surface area contributed by atoms with Crippen LogP contribution in [0.3, 0.4) is 0 Å². The van der Waals surface area contributed by atoms with Gasteiger partial charge in [-0.1, -0.05) is 13.8 Å². The molecule has 0 aliphatic carbocycles. The van der Waals surface area contributed by atoms with Crippen LogP contribution >= 0.6 is 0 Å². The second-order valence-corrected chi connectivity index (χ2v) is 5.11. The predicted octanol–water partition coefficient (Wildman–Crippen LogP) is 1.08. The Bertz CT molecular complexity index is 165. The van der Waals surface area contributed by atoms with Gasteiger partial charge in [0.05, 0.1) is 0 Å². The molecule has 0 aromatic carbocycles. The lowest BCUT2D eigenvalue weighted by Gasteiger charge is -2.33. The number of hydrogen-bond donors (Lipinski definition) is 2. The molecule has 0 aromatic heterocycles. The van der Waals surface area contributed by atoms with Gasteiger partial charge in [0, 0.05) is 18.7 Å². The molecule has 15 heavy (non-hydrogen) atoms. The van der Waals surface area contributed by atoms with Crippen molar-refractivity contribution in [2.45, 2.75) is 45.2 Å². The van der Waals surface area contributed by atoms with Crippen LogP contribution in [0.4, 0.5) is 0 Å². The fourth-order valence-electron chi connectivity index (χ4n) is 2.23. The van der Waals surface area contributed by atoms with Crippen LogP contribution < -0.4 is 5.32 Å². The second kappa shape index (κ2) is 6.46. The number of nitrogens with one attached hydrogen (secondary N) is 1. The van der Waals surface area contributed by atoms with Gasteiger partial charge >= 0.3 is 0 Å². The molecule has 0 saturated carbocycles. The van der Waals surface area contributed by atoms with Crippen LogP contribution in [-0.4, -0.2) is 48.8 Å². The lowest BCUT2D eigenvalue weighted by Crippen LogP contribution is -2.47. The highest BCUT2D eigenvalue weighted by Crippen LogP contribution is 2.13. The zero-order valence-electron chi connectivity index (χ0n) is 10.4. The summed E-state index contributed by atoms with van der Waals surface area (Å²) in [7, 11) is 2.18. The summed E-state index contributed by atoms with van der Waals surface area (Å²) in [5.74, 6) is 0.608. The average Bonchev–Trinajstić information content (AvgIpc) is 2.20. The molecule has 1 unspecified atom stereocenters. The van der Waals surface area contributed by atoms with E-state index in [0.29, 0.717) is 24.6 Å². The maximum atomic E-state index is 9.01.